The van der Waals surface area contributed by atoms with Crippen LogP contribution in [0.1, 0.15) is 11.1 Å². The zero-order chi connectivity index (χ0) is 16.9. The third-order valence-corrected chi connectivity index (χ3v) is 4.78. The normalized spacial score (nSPS) is 11.1. The first-order valence-corrected chi connectivity index (χ1v) is 8.13. The molecule has 7 nitrogen and oxygen atoms in total. The molecule has 1 amide bonds. The summed E-state index contributed by atoms with van der Waals surface area (Å²) in [4.78, 5) is 22.4. The molecule has 0 atom stereocenters. The highest BCUT2D eigenvalue weighted by atomic mass is 35.5. The van der Waals surface area contributed by atoms with Crippen molar-refractivity contribution in [3.63, 3.8) is 0 Å². The first-order chi connectivity index (χ1) is 10.2. The molecule has 1 aromatic rings. The second-order valence-electron chi connectivity index (χ2n) is 4.54. The number of hydrogen-bond acceptors (Lipinski definition) is 5. The SMILES string of the molecule is COC(=O)CNC(=O)CNS(=O)(=O)c1cc(C)c(Cl)cc1C. The maximum absolute atomic E-state index is 12.2. The van der Waals surface area contributed by atoms with Crippen molar-refractivity contribution in [1.82, 2.24) is 10.0 Å². The van der Waals surface area contributed by atoms with Gasteiger partial charge >= 0.3 is 5.97 Å². The van der Waals surface area contributed by atoms with E-state index in [1.54, 1.807) is 19.9 Å². The number of nitrogens with one attached hydrogen (secondary N) is 2. The highest BCUT2D eigenvalue weighted by Crippen LogP contribution is 2.23. The Hall–Kier alpha value is -1.64. The van der Waals surface area contributed by atoms with Gasteiger partial charge in [0.2, 0.25) is 15.9 Å². The van der Waals surface area contributed by atoms with Crippen molar-refractivity contribution in [3.8, 4) is 0 Å². The number of halogens is 1. The van der Waals surface area contributed by atoms with Gasteiger partial charge in [-0.3, -0.25) is 9.59 Å². The van der Waals surface area contributed by atoms with Crippen molar-refractivity contribution in [1.29, 1.82) is 0 Å². The molecule has 1 aromatic carbocycles. The van der Waals surface area contributed by atoms with E-state index < -0.39 is 28.4 Å². The van der Waals surface area contributed by atoms with Gasteiger partial charge in [0, 0.05) is 5.02 Å². The molecular weight excluding hydrogens is 332 g/mol. The number of methoxy groups -OCH3 is 1. The smallest absolute Gasteiger partial charge is 0.325 e. The third-order valence-electron chi connectivity index (χ3n) is 2.83. The van der Waals surface area contributed by atoms with E-state index in [9.17, 15) is 18.0 Å². The van der Waals surface area contributed by atoms with E-state index in [1.165, 1.54) is 13.2 Å². The lowest BCUT2D eigenvalue weighted by atomic mass is 10.2. The molecule has 0 aromatic heterocycles. The van der Waals surface area contributed by atoms with Crippen LogP contribution in [-0.2, 0) is 24.3 Å². The minimum atomic E-state index is -3.86. The third kappa shape index (κ3) is 4.97. The number of ether oxygens (including phenoxy) is 1. The van der Waals surface area contributed by atoms with E-state index in [2.05, 4.69) is 14.8 Å². The average molecular weight is 349 g/mol. The quantitative estimate of drug-likeness (QED) is 0.730. The molecule has 0 saturated heterocycles. The Bertz CT molecular complexity index is 688. The number of rotatable bonds is 6. The lowest BCUT2D eigenvalue weighted by Gasteiger charge is -2.11. The van der Waals surface area contributed by atoms with Crippen molar-refractivity contribution >= 4 is 33.5 Å². The summed E-state index contributed by atoms with van der Waals surface area (Å²) in [5.41, 5.74) is 1.08. The number of esters is 1. The molecule has 22 heavy (non-hydrogen) atoms. The molecule has 9 heteroatoms. The van der Waals surface area contributed by atoms with Crippen LogP contribution in [0.2, 0.25) is 5.02 Å². The van der Waals surface area contributed by atoms with Crippen molar-refractivity contribution in [2.24, 2.45) is 0 Å². The Kier molecular flexibility index (Phi) is 6.34. The number of hydrogen-bond donors (Lipinski definition) is 2. The van der Waals surface area contributed by atoms with Gasteiger partial charge < -0.3 is 10.1 Å². The molecule has 122 valence electrons. The second kappa shape index (κ2) is 7.57. The van der Waals surface area contributed by atoms with E-state index in [0.29, 0.717) is 16.1 Å². The number of carbonyl (C=O) groups is 2. The van der Waals surface area contributed by atoms with Gasteiger partial charge in [-0.2, -0.15) is 0 Å². The van der Waals surface area contributed by atoms with E-state index in [0.717, 1.165) is 0 Å². The standard InChI is InChI=1S/C13H17ClN2O5S/c1-8-5-11(9(2)4-10(8)14)22(19,20)16-6-12(17)15-7-13(18)21-3/h4-5,16H,6-7H2,1-3H3,(H,15,17). The molecule has 0 fully saturated rings. The summed E-state index contributed by atoms with van der Waals surface area (Å²) >= 11 is 5.93. The molecule has 1 rings (SSSR count). The zero-order valence-electron chi connectivity index (χ0n) is 12.4. The lowest BCUT2D eigenvalue weighted by molar-refractivity contribution is -0.141. The van der Waals surface area contributed by atoms with Crippen LogP contribution in [-0.4, -0.2) is 40.5 Å². The highest BCUT2D eigenvalue weighted by molar-refractivity contribution is 7.89. The fourth-order valence-corrected chi connectivity index (χ4v) is 3.10. The Labute approximate surface area is 134 Å². The fraction of sp³-hybridized carbons (Fsp3) is 0.385. The minimum Gasteiger partial charge on any atom is -0.468 e. The Morgan fingerprint density at radius 1 is 1.18 bits per heavy atom. The summed E-state index contributed by atoms with van der Waals surface area (Å²) in [6.07, 6.45) is 0. The minimum absolute atomic E-state index is 0.0511. The van der Waals surface area contributed by atoms with Crippen molar-refractivity contribution < 1.29 is 22.7 Å². The maximum Gasteiger partial charge on any atom is 0.325 e. The number of benzene rings is 1. The van der Waals surface area contributed by atoms with Crippen molar-refractivity contribution in [2.45, 2.75) is 18.7 Å². The van der Waals surface area contributed by atoms with Gasteiger partial charge in [-0.1, -0.05) is 11.6 Å². The predicted octanol–water partition coefficient (Wildman–Crippen LogP) is 0.524. The van der Waals surface area contributed by atoms with E-state index in [1.807, 2.05) is 0 Å². The number of amides is 1. The van der Waals surface area contributed by atoms with Crippen LogP contribution in [0.15, 0.2) is 17.0 Å². The summed E-state index contributed by atoms with van der Waals surface area (Å²) < 4.78 is 30.9. The number of sulfonamides is 1. The molecule has 0 unspecified atom stereocenters. The Morgan fingerprint density at radius 2 is 1.82 bits per heavy atom. The van der Waals surface area contributed by atoms with Gasteiger partial charge in [0.25, 0.3) is 0 Å². The molecule has 0 saturated carbocycles. The summed E-state index contributed by atoms with van der Waals surface area (Å²) in [6, 6.07) is 2.98. The first kappa shape index (κ1) is 18.4. The zero-order valence-corrected chi connectivity index (χ0v) is 14.0. The van der Waals surface area contributed by atoms with Gasteiger partial charge in [-0.05, 0) is 37.1 Å². The van der Waals surface area contributed by atoms with Crippen LogP contribution in [0.3, 0.4) is 0 Å². The van der Waals surface area contributed by atoms with Crippen LogP contribution in [0, 0.1) is 13.8 Å². The fourth-order valence-electron chi connectivity index (χ4n) is 1.59. The molecule has 0 aliphatic heterocycles. The van der Waals surface area contributed by atoms with Crippen LogP contribution in [0.5, 0.6) is 0 Å². The first-order valence-electron chi connectivity index (χ1n) is 6.27. The number of aryl methyl sites for hydroxylation is 2. The van der Waals surface area contributed by atoms with Gasteiger partial charge in [-0.25, -0.2) is 13.1 Å². The van der Waals surface area contributed by atoms with Crippen LogP contribution in [0.4, 0.5) is 0 Å². The van der Waals surface area contributed by atoms with Gasteiger partial charge in [0.05, 0.1) is 18.6 Å². The highest BCUT2D eigenvalue weighted by Gasteiger charge is 2.19. The maximum atomic E-state index is 12.2. The molecule has 0 bridgehead atoms. The molecule has 0 aliphatic rings. The number of carbonyl (C=O) groups excluding carboxylic acids is 2. The molecule has 0 spiro atoms. The predicted molar refractivity (Wildman–Crippen MR) is 81.1 cm³/mol. The van der Waals surface area contributed by atoms with E-state index in [4.69, 9.17) is 11.6 Å². The molecule has 0 radical (unpaired) electrons. The monoisotopic (exact) mass is 348 g/mol. The molecule has 0 aliphatic carbocycles. The van der Waals surface area contributed by atoms with Gasteiger partial charge in [-0.15, -0.1) is 0 Å². The summed E-state index contributed by atoms with van der Waals surface area (Å²) in [5, 5.41) is 2.70. The van der Waals surface area contributed by atoms with Gasteiger partial charge in [0.15, 0.2) is 0 Å². The van der Waals surface area contributed by atoms with Crippen LogP contribution < -0.4 is 10.0 Å². The van der Waals surface area contributed by atoms with Crippen molar-refractivity contribution in [3.05, 3.63) is 28.3 Å². The second-order valence-corrected chi connectivity index (χ2v) is 6.69. The molecule has 0 heterocycles. The summed E-state index contributed by atoms with van der Waals surface area (Å²) in [6.45, 7) is 2.48. The lowest BCUT2D eigenvalue weighted by Crippen LogP contribution is -2.39. The van der Waals surface area contributed by atoms with Crippen molar-refractivity contribution in [2.75, 3.05) is 20.2 Å². The van der Waals surface area contributed by atoms with Gasteiger partial charge in [0.1, 0.15) is 6.54 Å². The topological polar surface area (TPSA) is 102 Å². The Morgan fingerprint density at radius 3 is 2.41 bits per heavy atom. The Balaban J connectivity index is 2.74. The van der Waals surface area contributed by atoms with Crippen LogP contribution in [0.25, 0.3) is 0 Å². The summed E-state index contributed by atoms with van der Waals surface area (Å²) in [5.74, 6) is -1.27. The summed E-state index contributed by atoms with van der Waals surface area (Å²) in [7, 11) is -2.67. The van der Waals surface area contributed by atoms with Crippen LogP contribution >= 0.6 is 11.6 Å². The van der Waals surface area contributed by atoms with E-state index in [-0.39, 0.29) is 11.4 Å². The molecular formula is C13H17ClN2O5S. The average Bonchev–Trinajstić information content (AvgIpc) is 2.46. The van der Waals surface area contributed by atoms with E-state index >= 15 is 0 Å². The molecule has 2 N–H and O–H groups in total. The largest absolute Gasteiger partial charge is 0.468 e.